The summed E-state index contributed by atoms with van der Waals surface area (Å²) in [4.78, 5) is 12.3. The monoisotopic (exact) mass is 490 g/mol. The summed E-state index contributed by atoms with van der Waals surface area (Å²) < 4.78 is 28.1. The number of carbonyl (C=O) groups is 1. The van der Waals surface area contributed by atoms with Crippen molar-refractivity contribution >= 4 is 31.5 Å². The summed E-state index contributed by atoms with van der Waals surface area (Å²) in [6.45, 7) is 13.5. The molecule has 1 atom stereocenters. The Morgan fingerprint density at radius 3 is 2.36 bits per heavy atom. The molecule has 0 radical (unpaired) electrons. The molecular weight excluding hydrogens is 459 g/mol. The van der Waals surface area contributed by atoms with Crippen molar-refractivity contribution in [1.82, 2.24) is 0 Å². The van der Waals surface area contributed by atoms with Crippen LogP contribution in [0, 0.1) is 11.7 Å². The highest BCUT2D eigenvalue weighted by molar-refractivity contribution is 6.69. The van der Waals surface area contributed by atoms with Crippen molar-refractivity contribution in [3.05, 3.63) is 76.1 Å². The molecule has 2 aromatic carbocycles. The van der Waals surface area contributed by atoms with Crippen LogP contribution in [0.25, 0.3) is 5.57 Å². The molecular formula is C26H32ClFO4Si. The Morgan fingerprint density at radius 1 is 1.24 bits per heavy atom. The number of halogens is 2. The van der Waals surface area contributed by atoms with Crippen molar-refractivity contribution in [2.45, 2.75) is 51.4 Å². The third-order valence-corrected chi connectivity index (χ3v) is 7.43. The van der Waals surface area contributed by atoms with Crippen molar-refractivity contribution in [1.29, 1.82) is 0 Å². The standard InChI is InChI=1S/C26H32ClFO4Si/c1-6-26(32-33(3,4)5,19-11-13-31-14-12-19)20-15-22(25(29)30)24(23(28)16-20)17(2)18-7-9-21(27)10-8-18/h7-10,15-16,19H,2,6,11-14H2,1,3-5H3,(H,29,30). The predicted octanol–water partition coefficient (Wildman–Crippen LogP) is 7.12. The van der Waals surface area contributed by atoms with Gasteiger partial charge in [-0.25, -0.2) is 9.18 Å². The molecule has 0 spiro atoms. The molecule has 1 N–H and O–H groups in total. The summed E-state index contributed by atoms with van der Waals surface area (Å²) >= 11 is 5.97. The quantitative estimate of drug-likeness (QED) is 0.400. The lowest BCUT2D eigenvalue weighted by atomic mass is 9.74. The van der Waals surface area contributed by atoms with E-state index in [0.717, 1.165) is 12.8 Å². The first-order chi connectivity index (χ1) is 15.5. The molecule has 0 saturated carbocycles. The van der Waals surface area contributed by atoms with E-state index in [0.29, 0.717) is 41.4 Å². The molecule has 1 aliphatic rings. The first kappa shape index (κ1) is 25.6. The number of carboxylic acid groups (broad SMARTS) is 1. The number of aromatic carboxylic acids is 1. The fraction of sp³-hybridized carbons (Fsp3) is 0.423. The minimum atomic E-state index is -2.08. The van der Waals surface area contributed by atoms with Gasteiger partial charge in [0.25, 0.3) is 0 Å². The molecule has 3 rings (SSSR count). The van der Waals surface area contributed by atoms with Gasteiger partial charge in [0.05, 0.1) is 11.2 Å². The second-order valence-corrected chi connectivity index (χ2v) is 14.4. The minimum Gasteiger partial charge on any atom is -0.478 e. The van der Waals surface area contributed by atoms with Crippen LogP contribution >= 0.6 is 11.6 Å². The van der Waals surface area contributed by atoms with Gasteiger partial charge in [-0.2, -0.15) is 0 Å². The van der Waals surface area contributed by atoms with Gasteiger partial charge >= 0.3 is 5.97 Å². The maximum absolute atomic E-state index is 15.7. The number of carboxylic acids is 1. The average molecular weight is 491 g/mol. The van der Waals surface area contributed by atoms with E-state index in [4.69, 9.17) is 20.8 Å². The third kappa shape index (κ3) is 5.57. The van der Waals surface area contributed by atoms with Crippen molar-refractivity contribution in [2.24, 2.45) is 5.92 Å². The molecule has 1 saturated heterocycles. The highest BCUT2D eigenvalue weighted by atomic mass is 35.5. The van der Waals surface area contributed by atoms with E-state index < -0.39 is 25.7 Å². The van der Waals surface area contributed by atoms with Crippen LogP contribution in [0.3, 0.4) is 0 Å². The Labute approximate surface area is 201 Å². The molecule has 1 fully saturated rings. The normalized spacial score (nSPS) is 16.9. The maximum Gasteiger partial charge on any atom is 0.336 e. The highest BCUT2D eigenvalue weighted by Crippen LogP contribution is 2.45. The molecule has 7 heteroatoms. The maximum atomic E-state index is 15.7. The number of benzene rings is 2. The van der Waals surface area contributed by atoms with Gasteiger partial charge in [-0.15, -0.1) is 0 Å². The smallest absolute Gasteiger partial charge is 0.336 e. The molecule has 0 aromatic heterocycles. The second kappa shape index (κ2) is 10.1. The minimum absolute atomic E-state index is 0.0152. The van der Waals surface area contributed by atoms with Crippen LogP contribution in [0.4, 0.5) is 4.39 Å². The van der Waals surface area contributed by atoms with Gasteiger partial charge in [0.2, 0.25) is 0 Å². The van der Waals surface area contributed by atoms with Gasteiger partial charge in [-0.3, -0.25) is 0 Å². The Morgan fingerprint density at radius 2 is 1.85 bits per heavy atom. The third-order valence-electron chi connectivity index (χ3n) is 6.20. The van der Waals surface area contributed by atoms with E-state index in [2.05, 4.69) is 26.2 Å². The Hall–Kier alpha value is -1.99. The van der Waals surface area contributed by atoms with E-state index in [-0.39, 0.29) is 17.0 Å². The highest BCUT2D eigenvalue weighted by Gasteiger charge is 2.44. The molecule has 0 aliphatic carbocycles. The van der Waals surface area contributed by atoms with Crippen molar-refractivity contribution in [2.75, 3.05) is 13.2 Å². The van der Waals surface area contributed by atoms with Gasteiger partial charge in [0.1, 0.15) is 5.82 Å². The van der Waals surface area contributed by atoms with Crippen LogP contribution in [0.2, 0.25) is 24.7 Å². The van der Waals surface area contributed by atoms with Crippen LogP contribution in [0.1, 0.15) is 53.2 Å². The van der Waals surface area contributed by atoms with Gasteiger partial charge < -0.3 is 14.3 Å². The molecule has 0 amide bonds. The molecule has 4 nitrogen and oxygen atoms in total. The molecule has 1 heterocycles. The first-order valence-electron chi connectivity index (χ1n) is 11.3. The summed E-state index contributed by atoms with van der Waals surface area (Å²) in [7, 11) is -2.08. The predicted molar refractivity (Wildman–Crippen MR) is 133 cm³/mol. The fourth-order valence-electron chi connectivity index (χ4n) is 4.77. The number of hydrogen-bond donors (Lipinski definition) is 1. The zero-order valence-electron chi connectivity index (χ0n) is 19.7. The van der Waals surface area contributed by atoms with Crippen molar-refractivity contribution in [3.8, 4) is 0 Å². The summed E-state index contributed by atoms with van der Waals surface area (Å²) in [5, 5.41) is 10.6. The average Bonchev–Trinajstić information content (AvgIpc) is 2.77. The van der Waals surface area contributed by atoms with Crippen LogP contribution < -0.4 is 0 Å². The van der Waals surface area contributed by atoms with E-state index in [1.54, 1.807) is 30.3 Å². The zero-order chi connectivity index (χ0) is 24.4. The van der Waals surface area contributed by atoms with E-state index >= 15 is 4.39 Å². The summed E-state index contributed by atoms with van der Waals surface area (Å²) in [6.07, 6.45) is 2.17. The first-order valence-corrected chi connectivity index (χ1v) is 15.1. The number of rotatable bonds is 8. The van der Waals surface area contributed by atoms with E-state index in [9.17, 15) is 9.90 Å². The van der Waals surface area contributed by atoms with Gasteiger partial charge in [-0.05, 0) is 85.8 Å². The molecule has 2 aromatic rings. The van der Waals surface area contributed by atoms with Crippen LogP contribution in [0.5, 0.6) is 0 Å². The van der Waals surface area contributed by atoms with Crippen LogP contribution in [0.15, 0.2) is 43.0 Å². The Balaban J connectivity index is 2.19. The van der Waals surface area contributed by atoms with Crippen LogP contribution in [-0.2, 0) is 14.8 Å². The van der Waals surface area contributed by atoms with Crippen molar-refractivity contribution < 1.29 is 23.5 Å². The van der Waals surface area contributed by atoms with Gasteiger partial charge in [-0.1, -0.05) is 37.2 Å². The lowest BCUT2D eigenvalue weighted by Gasteiger charge is -2.46. The van der Waals surface area contributed by atoms with Gasteiger partial charge in [0, 0.05) is 23.8 Å². The van der Waals surface area contributed by atoms with Crippen molar-refractivity contribution in [3.63, 3.8) is 0 Å². The second-order valence-electron chi connectivity index (χ2n) is 9.52. The lowest BCUT2D eigenvalue weighted by Crippen LogP contribution is -2.47. The van der Waals surface area contributed by atoms with E-state index in [1.165, 1.54) is 6.07 Å². The summed E-state index contributed by atoms with van der Waals surface area (Å²) in [5.74, 6) is -1.71. The topological polar surface area (TPSA) is 55.8 Å². The molecule has 0 bridgehead atoms. The summed E-state index contributed by atoms with van der Waals surface area (Å²) in [5.41, 5.74) is 0.569. The SMILES string of the molecule is C=C(c1ccc(Cl)cc1)c1c(F)cc(C(CC)(O[Si](C)(C)C)C2CCOCC2)cc1C(=O)O. The molecule has 1 aliphatic heterocycles. The molecule has 33 heavy (non-hydrogen) atoms. The Kier molecular flexibility index (Phi) is 7.84. The lowest BCUT2D eigenvalue weighted by molar-refractivity contribution is -0.0601. The fourth-order valence-corrected chi connectivity index (χ4v) is 6.42. The summed E-state index contributed by atoms with van der Waals surface area (Å²) in [6, 6.07) is 9.78. The zero-order valence-corrected chi connectivity index (χ0v) is 21.5. The van der Waals surface area contributed by atoms with Crippen LogP contribution in [-0.4, -0.2) is 32.6 Å². The largest absolute Gasteiger partial charge is 0.478 e. The van der Waals surface area contributed by atoms with Gasteiger partial charge in [0.15, 0.2) is 8.32 Å². The van der Waals surface area contributed by atoms with E-state index in [1.807, 2.05) is 6.92 Å². The Bertz CT molecular complexity index is 1030. The molecule has 178 valence electrons. The molecule has 1 unspecified atom stereocenters. The number of ether oxygens (including phenoxy) is 1. The number of hydrogen-bond acceptors (Lipinski definition) is 3.